The molecule has 0 aliphatic heterocycles. The highest BCUT2D eigenvalue weighted by Crippen LogP contribution is 2.40. The molecule has 0 radical (unpaired) electrons. The summed E-state index contributed by atoms with van der Waals surface area (Å²) in [4.78, 5) is 4.28. The molecule has 0 heterocycles. The minimum absolute atomic E-state index is 0. The standard InChI is InChI=1S/C17H36N4O3S.HI/c1-5-21(25(4,22)23)13-8-12-19-16(18-2)20-15-17(11-14-24-3)9-6-7-10-17;/h5-15H2,1-4H3,(H2,18,19,20);1H. The van der Waals surface area contributed by atoms with Crippen LogP contribution >= 0.6 is 24.0 Å². The summed E-state index contributed by atoms with van der Waals surface area (Å²) >= 11 is 0. The highest BCUT2D eigenvalue weighted by atomic mass is 127. The van der Waals surface area contributed by atoms with Gasteiger partial charge in [0.15, 0.2) is 5.96 Å². The van der Waals surface area contributed by atoms with Crippen LogP contribution in [0, 0.1) is 5.41 Å². The van der Waals surface area contributed by atoms with Crippen molar-refractivity contribution in [3.63, 3.8) is 0 Å². The second kappa shape index (κ2) is 13.1. The van der Waals surface area contributed by atoms with Crippen LogP contribution in [0.5, 0.6) is 0 Å². The molecule has 0 unspecified atom stereocenters. The van der Waals surface area contributed by atoms with E-state index in [0.717, 1.165) is 32.0 Å². The zero-order valence-corrected chi connectivity index (χ0v) is 19.9. The quantitative estimate of drug-likeness (QED) is 0.195. The van der Waals surface area contributed by atoms with Gasteiger partial charge in [-0.15, -0.1) is 24.0 Å². The van der Waals surface area contributed by atoms with Crippen LogP contribution in [0.1, 0.15) is 45.4 Å². The number of rotatable bonds is 11. The normalized spacial score (nSPS) is 17.2. The van der Waals surface area contributed by atoms with Gasteiger partial charge in [-0.05, 0) is 31.1 Å². The Labute approximate surface area is 176 Å². The van der Waals surface area contributed by atoms with E-state index in [2.05, 4.69) is 15.6 Å². The number of hydrogen-bond acceptors (Lipinski definition) is 4. The van der Waals surface area contributed by atoms with Gasteiger partial charge in [0.1, 0.15) is 0 Å². The number of guanidine groups is 1. The summed E-state index contributed by atoms with van der Waals surface area (Å²) in [5, 5.41) is 6.73. The summed E-state index contributed by atoms with van der Waals surface area (Å²) in [6.45, 7) is 5.28. The first kappa shape index (κ1) is 25.9. The number of sulfonamides is 1. The second-order valence-electron chi connectivity index (χ2n) is 6.91. The third-order valence-corrected chi connectivity index (χ3v) is 6.43. The summed E-state index contributed by atoms with van der Waals surface area (Å²) in [5.74, 6) is 0.783. The first-order valence-corrected chi connectivity index (χ1v) is 11.1. The van der Waals surface area contributed by atoms with Crippen molar-refractivity contribution < 1.29 is 13.2 Å². The van der Waals surface area contributed by atoms with Gasteiger partial charge in [-0.1, -0.05) is 19.8 Å². The van der Waals surface area contributed by atoms with E-state index >= 15 is 0 Å². The van der Waals surface area contributed by atoms with Gasteiger partial charge in [0.2, 0.25) is 10.0 Å². The summed E-state index contributed by atoms with van der Waals surface area (Å²) in [6.07, 6.45) is 8.13. The Bertz CT molecular complexity index is 508. The van der Waals surface area contributed by atoms with Gasteiger partial charge in [-0.2, -0.15) is 0 Å². The van der Waals surface area contributed by atoms with Gasteiger partial charge in [-0.3, -0.25) is 4.99 Å². The van der Waals surface area contributed by atoms with Crippen LogP contribution in [-0.4, -0.2) is 71.9 Å². The van der Waals surface area contributed by atoms with E-state index in [9.17, 15) is 8.42 Å². The molecule has 1 fully saturated rings. The van der Waals surface area contributed by atoms with Crippen LogP contribution in [0.2, 0.25) is 0 Å². The van der Waals surface area contributed by atoms with Crippen molar-refractivity contribution in [2.45, 2.75) is 45.4 Å². The molecule has 1 aliphatic rings. The second-order valence-corrected chi connectivity index (χ2v) is 8.89. The van der Waals surface area contributed by atoms with Crippen molar-refractivity contribution in [2.24, 2.45) is 10.4 Å². The summed E-state index contributed by atoms with van der Waals surface area (Å²) < 4.78 is 29.9. The molecule has 9 heteroatoms. The van der Waals surface area contributed by atoms with Crippen molar-refractivity contribution in [1.29, 1.82) is 0 Å². The average Bonchev–Trinajstić information content (AvgIpc) is 3.03. The molecule has 0 bridgehead atoms. The van der Waals surface area contributed by atoms with Crippen LogP contribution in [0.25, 0.3) is 0 Å². The fraction of sp³-hybridized carbons (Fsp3) is 0.941. The highest BCUT2D eigenvalue weighted by Gasteiger charge is 2.33. The Hall–Kier alpha value is -0.130. The van der Waals surface area contributed by atoms with Gasteiger partial charge in [0.05, 0.1) is 6.26 Å². The third-order valence-electron chi connectivity index (χ3n) is 5.05. The lowest BCUT2D eigenvalue weighted by atomic mass is 9.83. The zero-order valence-electron chi connectivity index (χ0n) is 16.7. The predicted octanol–water partition coefficient (Wildman–Crippen LogP) is 2.04. The van der Waals surface area contributed by atoms with E-state index in [-0.39, 0.29) is 24.0 Å². The Morgan fingerprint density at radius 2 is 1.92 bits per heavy atom. The minimum atomic E-state index is -3.11. The molecular formula is C17H37IN4O3S. The fourth-order valence-electron chi connectivity index (χ4n) is 3.47. The van der Waals surface area contributed by atoms with Crippen LogP contribution in [0.15, 0.2) is 4.99 Å². The molecule has 26 heavy (non-hydrogen) atoms. The maximum Gasteiger partial charge on any atom is 0.211 e. The molecule has 1 aliphatic carbocycles. The van der Waals surface area contributed by atoms with Gasteiger partial charge in [-0.25, -0.2) is 12.7 Å². The Kier molecular flexibility index (Phi) is 13.0. The monoisotopic (exact) mass is 504 g/mol. The molecule has 0 atom stereocenters. The fourth-order valence-corrected chi connectivity index (χ4v) is 4.40. The smallest absolute Gasteiger partial charge is 0.211 e. The Morgan fingerprint density at radius 3 is 2.42 bits per heavy atom. The van der Waals surface area contributed by atoms with Crippen molar-refractivity contribution in [1.82, 2.24) is 14.9 Å². The number of hydrogen-bond donors (Lipinski definition) is 2. The molecule has 2 N–H and O–H groups in total. The number of aliphatic imine (C=N–C) groups is 1. The largest absolute Gasteiger partial charge is 0.385 e. The summed E-state index contributed by atoms with van der Waals surface area (Å²) in [7, 11) is 0.409. The molecule has 0 aromatic carbocycles. The van der Waals surface area contributed by atoms with E-state index in [1.807, 2.05) is 6.92 Å². The Morgan fingerprint density at radius 1 is 1.27 bits per heavy atom. The number of nitrogens with one attached hydrogen (secondary N) is 2. The van der Waals surface area contributed by atoms with E-state index in [0.29, 0.717) is 25.0 Å². The van der Waals surface area contributed by atoms with Crippen molar-refractivity contribution in [3.05, 3.63) is 0 Å². The molecular weight excluding hydrogens is 467 g/mol. The maximum atomic E-state index is 11.6. The van der Waals surface area contributed by atoms with E-state index in [4.69, 9.17) is 4.74 Å². The van der Waals surface area contributed by atoms with Crippen molar-refractivity contribution in [2.75, 3.05) is 53.2 Å². The van der Waals surface area contributed by atoms with Crippen LogP contribution in [0.3, 0.4) is 0 Å². The minimum Gasteiger partial charge on any atom is -0.385 e. The first-order valence-electron chi connectivity index (χ1n) is 9.25. The first-order chi connectivity index (χ1) is 11.9. The van der Waals surface area contributed by atoms with Crippen molar-refractivity contribution >= 4 is 40.0 Å². The SMILES string of the molecule is CCN(CCCNC(=NC)NCC1(CCOC)CCCC1)S(C)(=O)=O.I. The third kappa shape index (κ3) is 9.18. The number of ether oxygens (including phenoxy) is 1. The van der Waals surface area contributed by atoms with Crippen molar-refractivity contribution in [3.8, 4) is 0 Å². The molecule has 156 valence electrons. The molecule has 0 aromatic heterocycles. The number of halogens is 1. The maximum absolute atomic E-state index is 11.6. The lowest BCUT2D eigenvalue weighted by Gasteiger charge is -2.30. The number of nitrogens with zero attached hydrogens (tertiary/aromatic N) is 2. The molecule has 0 aromatic rings. The van der Waals surface area contributed by atoms with Crippen LogP contribution in [0.4, 0.5) is 0 Å². The van der Waals surface area contributed by atoms with E-state index in [1.54, 1.807) is 14.2 Å². The molecule has 7 nitrogen and oxygen atoms in total. The zero-order chi connectivity index (χ0) is 18.8. The van der Waals surface area contributed by atoms with E-state index < -0.39 is 10.0 Å². The van der Waals surface area contributed by atoms with Crippen LogP contribution < -0.4 is 10.6 Å². The molecule has 1 rings (SSSR count). The lowest BCUT2D eigenvalue weighted by Crippen LogP contribution is -2.44. The van der Waals surface area contributed by atoms with E-state index in [1.165, 1.54) is 36.2 Å². The number of methoxy groups -OCH3 is 1. The topological polar surface area (TPSA) is 83.0 Å². The molecule has 0 amide bonds. The predicted molar refractivity (Wildman–Crippen MR) is 119 cm³/mol. The molecule has 0 spiro atoms. The summed E-state index contributed by atoms with van der Waals surface area (Å²) in [6, 6.07) is 0. The van der Waals surface area contributed by atoms with Gasteiger partial charge in [0, 0.05) is 46.9 Å². The van der Waals surface area contributed by atoms with Gasteiger partial charge >= 0.3 is 0 Å². The Balaban J connectivity index is 0.00000625. The molecule has 1 saturated carbocycles. The highest BCUT2D eigenvalue weighted by molar-refractivity contribution is 14.0. The molecule has 0 saturated heterocycles. The lowest BCUT2D eigenvalue weighted by molar-refractivity contribution is 0.138. The van der Waals surface area contributed by atoms with Gasteiger partial charge < -0.3 is 15.4 Å². The average molecular weight is 504 g/mol. The van der Waals surface area contributed by atoms with Crippen LogP contribution in [-0.2, 0) is 14.8 Å². The van der Waals surface area contributed by atoms with Gasteiger partial charge in [0.25, 0.3) is 0 Å². The summed E-state index contributed by atoms with van der Waals surface area (Å²) in [5.41, 5.74) is 0.308.